The van der Waals surface area contributed by atoms with Gasteiger partial charge in [-0.3, -0.25) is 0 Å². The Balaban J connectivity index is -0.000000924. The lowest BCUT2D eigenvalue weighted by atomic mass is 9.48. The van der Waals surface area contributed by atoms with Crippen LogP contribution in [0.5, 0.6) is 0 Å². The zero-order valence-electron chi connectivity index (χ0n) is 27.5. The van der Waals surface area contributed by atoms with Gasteiger partial charge in [-0.25, -0.2) is 0 Å². The van der Waals surface area contributed by atoms with Crippen molar-refractivity contribution in [3.05, 3.63) is 24.4 Å². The number of hydrogen-bond donors (Lipinski definition) is 5. The normalized spacial score (nSPS) is 35.5. The van der Waals surface area contributed by atoms with Gasteiger partial charge in [0.1, 0.15) is 0 Å². The van der Waals surface area contributed by atoms with E-state index in [1.165, 1.54) is 56.9 Å². The summed E-state index contributed by atoms with van der Waals surface area (Å²) in [6.07, 6.45) is 12.6. The molecule has 0 aromatic heterocycles. The summed E-state index contributed by atoms with van der Waals surface area (Å²) in [4.78, 5) is 0. The fourth-order valence-corrected chi connectivity index (χ4v) is 8.38. The monoisotopic (exact) mass is 558 g/mol. The molecule has 0 aromatic carbocycles. The molecule has 0 saturated heterocycles. The Hall–Kier alpha value is -0.920. The molecule has 0 spiro atoms. The molecular weight excluding hydrogens is 486 g/mol. The van der Waals surface area contributed by atoms with Crippen LogP contribution in [0.15, 0.2) is 24.4 Å². The lowest BCUT2D eigenvalue weighted by Gasteiger charge is -2.57. The van der Waals surface area contributed by atoms with Crippen LogP contribution in [-0.4, -0.2) is 50.2 Å². The van der Waals surface area contributed by atoms with Crippen LogP contribution >= 0.6 is 0 Å². The molecule has 4 fully saturated rings. The van der Waals surface area contributed by atoms with E-state index in [0.29, 0.717) is 23.6 Å². The summed E-state index contributed by atoms with van der Waals surface area (Å²) in [5, 5.41) is 21.2. The van der Waals surface area contributed by atoms with Crippen LogP contribution < -0.4 is 17.2 Å². The molecule has 0 heterocycles. The van der Waals surface area contributed by atoms with Crippen LogP contribution in [0.3, 0.4) is 0 Å². The predicted molar refractivity (Wildman–Crippen MR) is 172 cm³/mol. The van der Waals surface area contributed by atoms with E-state index in [2.05, 4.69) is 39.2 Å². The Bertz CT molecular complexity index is 675. The summed E-state index contributed by atoms with van der Waals surface area (Å²) < 4.78 is 5.33. The third-order valence-electron chi connectivity index (χ3n) is 9.41. The maximum atomic E-state index is 10.9. The molecular formula is C33H71N3O3. The van der Waals surface area contributed by atoms with Crippen molar-refractivity contribution in [2.75, 3.05) is 34.4 Å². The number of methoxy groups -OCH3 is 1. The third-order valence-corrected chi connectivity index (χ3v) is 9.41. The molecule has 6 nitrogen and oxygen atoms in total. The largest absolute Gasteiger partial charge is 0.403 e. The second-order valence-electron chi connectivity index (χ2n) is 12.3. The fraction of sp³-hybridized carbons (Fsp3) is 0.879. The van der Waals surface area contributed by atoms with Crippen molar-refractivity contribution in [1.82, 2.24) is 11.5 Å². The lowest BCUT2D eigenvalue weighted by molar-refractivity contribution is -0.123. The van der Waals surface area contributed by atoms with Crippen molar-refractivity contribution in [3.63, 3.8) is 0 Å². The van der Waals surface area contributed by atoms with Crippen molar-refractivity contribution >= 4 is 0 Å². The summed E-state index contributed by atoms with van der Waals surface area (Å²) >= 11 is 0. The van der Waals surface area contributed by atoms with Crippen molar-refractivity contribution in [2.45, 2.75) is 111 Å². The number of nitrogens with one attached hydrogen (secondary N) is 1. The molecule has 236 valence electrons. The number of aliphatic hydroxyl groups excluding tert-OH is 1. The number of allylic oxidation sites excluding steroid dienone is 1. The van der Waals surface area contributed by atoms with Crippen LogP contribution in [-0.2, 0) is 4.74 Å². The highest BCUT2D eigenvalue weighted by molar-refractivity contribution is 5.16. The smallest absolute Gasteiger partial charge is 0.0882 e. The SMILES string of the molecule is C=C(C)N.C=C(CNC)[C@H]1CC[C@H]2[C@@H]3CC[C@H]4C[C@@](O)(COC)CC[C@@H]4[C@H]3CC[C@]12C.CC.CCC.CO.N.[HH]. The van der Waals surface area contributed by atoms with Gasteiger partial charge in [0, 0.05) is 22.2 Å². The average Bonchev–Trinajstić information content (AvgIpc) is 3.24. The molecule has 6 heteroatoms. The van der Waals surface area contributed by atoms with Gasteiger partial charge >= 0.3 is 0 Å². The topological polar surface area (TPSA) is 123 Å². The first-order valence-corrected chi connectivity index (χ1v) is 15.5. The molecule has 8 atom stereocenters. The molecule has 0 aromatic rings. The molecule has 4 rings (SSSR count). The van der Waals surface area contributed by atoms with E-state index in [1.807, 2.05) is 20.9 Å². The van der Waals surface area contributed by atoms with Gasteiger partial charge in [-0.2, -0.15) is 0 Å². The molecule has 0 aliphatic heterocycles. The van der Waals surface area contributed by atoms with Gasteiger partial charge in [0.2, 0.25) is 0 Å². The van der Waals surface area contributed by atoms with Gasteiger partial charge in [0.05, 0.1) is 12.2 Å². The van der Waals surface area contributed by atoms with Gasteiger partial charge in [-0.05, 0) is 118 Å². The van der Waals surface area contributed by atoms with E-state index < -0.39 is 5.60 Å². The molecule has 0 amide bonds. The quantitative estimate of drug-likeness (QED) is 0.225. The molecule has 0 radical (unpaired) electrons. The Morgan fingerprint density at radius 3 is 2.05 bits per heavy atom. The number of aliphatic hydroxyl groups is 2. The van der Waals surface area contributed by atoms with E-state index in [0.717, 1.165) is 56.1 Å². The zero-order chi connectivity index (χ0) is 29.5. The first-order valence-electron chi connectivity index (χ1n) is 15.5. The van der Waals surface area contributed by atoms with Crippen molar-refractivity contribution < 1.29 is 16.4 Å². The van der Waals surface area contributed by atoms with E-state index in [1.54, 1.807) is 14.0 Å². The minimum Gasteiger partial charge on any atom is -0.403 e. The highest BCUT2D eigenvalue weighted by Gasteiger charge is 2.57. The maximum Gasteiger partial charge on any atom is 0.0882 e. The first kappa shape index (κ1) is 40.2. The van der Waals surface area contributed by atoms with E-state index in [9.17, 15) is 5.11 Å². The van der Waals surface area contributed by atoms with Crippen molar-refractivity contribution in [1.29, 1.82) is 0 Å². The maximum absolute atomic E-state index is 10.9. The van der Waals surface area contributed by atoms with Gasteiger partial charge in [0.25, 0.3) is 0 Å². The number of hydrogen-bond acceptors (Lipinski definition) is 6. The van der Waals surface area contributed by atoms with Crippen LogP contribution in [0.1, 0.15) is 107 Å². The molecule has 39 heavy (non-hydrogen) atoms. The van der Waals surface area contributed by atoms with E-state index >= 15 is 0 Å². The van der Waals surface area contributed by atoms with Crippen LogP contribution in [0.25, 0.3) is 0 Å². The van der Waals surface area contributed by atoms with Crippen LogP contribution in [0.2, 0.25) is 0 Å². The molecule has 8 N–H and O–H groups in total. The third kappa shape index (κ3) is 10.8. The second-order valence-corrected chi connectivity index (χ2v) is 12.3. The Morgan fingerprint density at radius 2 is 1.54 bits per heavy atom. The highest BCUT2D eigenvalue weighted by Crippen LogP contribution is 2.65. The van der Waals surface area contributed by atoms with Gasteiger partial charge < -0.3 is 32.2 Å². The summed E-state index contributed by atoms with van der Waals surface area (Å²) in [6.45, 7) is 21.9. The zero-order valence-corrected chi connectivity index (χ0v) is 27.5. The molecule has 0 unspecified atom stereocenters. The van der Waals surface area contributed by atoms with Gasteiger partial charge in [-0.15, -0.1) is 0 Å². The standard InChI is InChI=1S/C24H41NO2.C3H7N.C3H8.C2H6.CH4O.H3N.H2/c1-16(14-25-3)21-7-8-22-20-6-5-17-13-24(26,15-27-4)12-10-18(17)19(20)9-11-23(21,22)2;1-3(2)4;1-3-2;2*1-2;;/h17-22,25-26H,1,5-15H2,2-4H3;1,4H2,2H3;3H2,1-2H3;1-2H3;2H,1H3;1H3;1H/t17-,18-,19+,20+,21+,22-,23+,24+;;;;;;/m0....../s1. The van der Waals surface area contributed by atoms with Gasteiger partial charge in [-0.1, -0.05) is 59.8 Å². The van der Waals surface area contributed by atoms with Crippen molar-refractivity contribution in [2.24, 2.45) is 46.7 Å². The Kier molecular flexibility index (Phi) is 20.7. The highest BCUT2D eigenvalue weighted by atomic mass is 16.5. The number of rotatable bonds is 5. The predicted octanol–water partition coefficient (Wildman–Crippen LogP) is 7.35. The summed E-state index contributed by atoms with van der Waals surface area (Å²) in [5.41, 5.74) is 6.94. The summed E-state index contributed by atoms with van der Waals surface area (Å²) in [5.74, 6) is 5.02. The number of ether oxygens (including phenoxy) is 1. The van der Waals surface area contributed by atoms with Gasteiger partial charge in [0.15, 0.2) is 0 Å². The number of likely N-dealkylation sites (N-methyl/N-ethyl adjacent to an activating group) is 1. The number of fused-ring (bicyclic) bond motifs is 5. The second kappa shape index (κ2) is 20.0. The molecule has 0 bridgehead atoms. The van der Waals surface area contributed by atoms with E-state index in [-0.39, 0.29) is 7.58 Å². The lowest BCUT2D eigenvalue weighted by Crippen LogP contribution is -2.52. The molecule has 4 saturated carbocycles. The molecule has 4 aliphatic rings. The molecule has 4 aliphatic carbocycles. The van der Waals surface area contributed by atoms with Crippen LogP contribution in [0, 0.1) is 40.9 Å². The average molecular weight is 558 g/mol. The summed E-state index contributed by atoms with van der Waals surface area (Å²) in [7, 11) is 4.77. The minimum absolute atomic E-state index is 0. The minimum atomic E-state index is -0.560. The Labute approximate surface area is 244 Å². The fourth-order valence-electron chi connectivity index (χ4n) is 8.38. The van der Waals surface area contributed by atoms with E-state index in [4.69, 9.17) is 15.6 Å². The summed E-state index contributed by atoms with van der Waals surface area (Å²) in [6, 6.07) is 0. The van der Waals surface area contributed by atoms with Crippen LogP contribution in [0.4, 0.5) is 0 Å². The Morgan fingerprint density at radius 1 is 1.00 bits per heavy atom. The number of nitrogens with two attached hydrogens (primary N) is 1. The van der Waals surface area contributed by atoms with Crippen molar-refractivity contribution in [3.8, 4) is 0 Å². The first-order chi connectivity index (χ1) is 18.1.